The number of anilines is 1. The average molecular weight is 282 g/mol. The van der Waals surface area contributed by atoms with Crippen molar-refractivity contribution in [2.75, 3.05) is 18.4 Å². The molecule has 0 unspecified atom stereocenters. The van der Waals surface area contributed by atoms with Crippen molar-refractivity contribution in [1.29, 1.82) is 0 Å². The molecule has 0 spiro atoms. The molecule has 6 heteroatoms. The summed E-state index contributed by atoms with van der Waals surface area (Å²) in [5, 5.41) is 14.9. The number of carbonyl (C=O) groups is 1. The molecule has 1 aromatic rings. The first-order valence-corrected chi connectivity index (χ1v) is 7.97. The smallest absolute Gasteiger partial charge is 0.282 e. The highest BCUT2D eigenvalue weighted by atomic mass is 32.1. The van der Waals surface area contributed by atoms with E-state index in [1.165, 1.54) is 43.4 Å². The van der Waals surface area contributed by atoms with Gasteiger partial charge in [-0.1, -0.05) is 37.0 Å². The Labute approximate surface area is 118 Å². The van der Waals surface area contributed by atoms with Crippen LogP contribution in [0.15, 0.2) is 0 Å². The molecular formula is C13H22N4OS. The number of carbonyl (C=O) groups excluding carboxylic acids is 1. The fourth-order valence-electron chi connectivity index (χ4n) is 2.50. The molecule has 0 aliphatic heterocycles. The third kappa shape index (κ3) is 4.45. The maximum atomic E-state index is 11.8. The number of nitrogens with zero attached hydrogens (tertiary/aromatic N) is 2. The van der Waals surface area contributed by atoms with Gasteiger partial charge in [-0.3, -0.25) is 4.79 Å². The number of amides is 1. The zero-order chi connectivity index (χ0) is 13.5. The summed E-state index contributed by atoms with van der Waals surface area (Å²) in [5.74, 6) is 0.784. The summed E-state index contributed by atoms with van der Waals surface area (Å²) in [6.45, 7) is 3.52. The monoisotopic (exact) mass is 282 g/mol. The molecule has 0 bridgehead atoms. The molecule has 1 amide bonds. The van der Waals surface area contributed by atoms with Crippen molar-refractivity contribution in [1.82, 2.24) is 15.5 Å². The molecule has 2 rings (SSSR count). The Bertz CT molecular complexity index is 401. The lowest BCUT2D eigenvalue weighted by Gasteiger charge is -2.08. The molecule has 2 N–H and O–H groups in total. The van der Waals surface area contributed by atoms with Crippen LogP contribution in [-0.2, 0) is 0 Å². The Morgan fingerprint density at radius 3 is 2.89 bits per heavy atom. The highest BCUT2D eigenvalue weighted by molar-refractivity contribution is 7.17. The number of aromatic nitrogens is 2. The van der Waals surface area contributed by atoms with Crippen molar-refractivity contribution in [3.63, 3.8) is 0 Å². The normalized spacial score (nSPS) is 15.6. The van der Waals surface area contributed by atoms with Gasteiger partial charge in [0.2, 0.25) is 10.1 Å². The minimum atomic E-state index is -0.104. The molecule has 1 saturated carbocycles. The van der Waals surface area contributed by atoms with Crippen LogP contribution >= 0.6 is 11.3 Å². The first-order valence-electron chi connectivity index (χ1n) is 7.15. The van der Waals surface area contributed by atoms with Gasteiger partial charge >= 0.3 is 0 Å². The number of hydrogen-bond donors (Lipinski definition) is 2. The largest absolute Gasteiger partial charge is 0.360 e. The lowest BCUT2D eigenvalue weighted by atomic mass is 10.0. The Morgan fingerprint density at radius 1 is 1.37 bits per heavy atom. The van der Waals surface area contributed by atoms with Crippen molar-refractivity contribution in [3.05, 3.63) is 5.01 Å². The predicted molar refractivity (Wildman–Crippen MR) is 77.6 cm³/mol. The van der Waals surface area contributed by atoms with E-state index in [-0.39, 0.29) is 5.91 Å². The van der Waals surface area contributed by atoms with E-state index in [4.69, 9.17) is 0 Å². The fourth-order valence-corrected chi connectivity index (χ4v) is 3.23. The average Bonchev–Trinajstić information content (AvgIpc) is 3.06. The lowest BCUT2D eigenvalue weighted by Crippen LogP contribution is -2.24. The fraction of sp³-hybridized carbons (Fsp3) is 0.769. The topological polar surface area (TPSA) is 66.9 Å². The summed E-state index contributed by atoms with van der Waals surface area (Å²) in [6.07, 6.45) is 7.81. The third-order valence-corrected chi connectivity index (χ3v) is 4.38. The maximum absolute atomic E-state index is 11.8. The van der Waals surface area contributed by atoms with Crippen molar-refractivity contribution in [2.24, 2.45) is 5.92 Å². The van der Waals surface area contributed by atoms with Crippen molar-refractivity contribution < 1.29 is 4.79 Å². The summed E-state index contributed by atoms with van der Waals surface area (Å²) in [6, 6.07) is 0. The van der Waals surface area contributed by atoms with Crippen LogP contribution < -0.4 is 10.6 Å². The third-order valence-electron chi connectivity index (χ3n) is 3.50. The minimum absolute atomic E-state index is 0.104. The molecule has 1 heterocycles. The van der Waals surface area contributed by atoms with E-state index in [9.17, 15) is 4.79 Å². The molecule has 106 valence electrons. The number of rotatable bonds is 7. The zero-order valence-corrected chi connectivity index (χ0v) is 12.3. The molecule has 0 saturated heterocycles. The number of hydrogen-bond acceptors (Lipinski definition) is 5. The lowest BCUT2D eigenvalue weighted by molar-refractivity contribution is 0.0951. The zero-order valence-electron chi connectivity index (χ0n) is 11.4. The van der Waals surface area contributed by atoms with E-state index in [1.807, 2.05) is 6.92 Å². The van der Waals surface area contributed by atoms with E-state index in [2.05, 4.69) is 20.8 Å². The van der Waals surface area contributed by atoms with Gasteiger partial charge in [-0.05, 0) is 25.7 Å². The van der Waals surface area contributed by atoms with Gasteiger partial charge in [-0.2, -0.15) is 0 Å². The van der Waals surface area contributed by atoms with Crippen LogP contribution in [0.5, 0.6) is 0 Å². The van der Waals surface area contributed by atoms with E-state index in [0.29, 0.717) is 10.1 Å². The maximum Gasteiger partial charge on any atom is 0.282 e. The molecule has 1 fully saturated rings. The van der Waals surface area contributed by atoms with Gasteiger partial charge in [-0.15, -0.1) is 10.2 Å². The van der Waals surface area contributed by atoms with Gasteiger partial charge < -0.3 is 10.6 Å². The molecule has 1 aromatic heterocycles. The second kappa shape index (κ2) is 7.43. The van der Waals surface area contributed by atoms with Crippen LogP contribution in [0, 0.1) is 5.92 Å². The predicted octanol–water partition coefficient (Wildman–Crippen LogP) is 2.67. The number of nitrogens with one attached hydrogen (secondary N) is 2. The van der Waals surface area contributed by atoms with Crippen LogP contribution in [0.4, 0.5) is 5.13 Å². The van der Waals surface area contributed by atoms with Crippen molar-refractivity contribution >= 4 is 22.4 Å². The first-order chi connectivity index (χ1) is 9.29. The summed E-state index contributed by atoms with van der Waals surface area (Å²) in [7, 11) is 0. The first kappa shape index (κ1) is 14.2. The van der Waals surface area contributed by atoms with Gasteiger partial charge in [0.05, 0.1) is 0 Å². The summed E-state index contributed by atoms with van der Waals surface area (Å²) < 4.78 is 0. The van der Waals surface area contributed by atoms with Gasteiger partial charge in [-0.25, -0.2) is 0 Å². The Kier molecular flexibility index (Phi) is 5.57. The quantitative estimate of drug-likeness (QED) is 0.755. The summed E-state index contributed by atoms with van der Waals surface area (Å²) >= 11 is 1.30. The molecule has 1 aliphatic rings. The molecule has 1 aliphatic carbocycles. The van der Waals surface area contributed by atoms with E-state index in [1.54, 1.807) is 0 Å². The molecule has 19 heavy (non-hydrogen) atoms. The van der Waals surface area contributed by atoms with Gasteiger partial charge in [0.15, 0.2) is 0 Å². The second-order valence-corrected chi connectivity index (χ2v) is 5.97. The SMILES string of the molecule is CCNc1nnc(C(=O)NCCCC2CCCC2)s1. The minimum Gasteiger partial charge on any atom is -0.360 e. The van der Waals surface area contributed by atoms with E-state index < -0.39 is 0 Å². The van der Waals surface area contributed by atoms with Gasteiger partial charge in [0.1, 0.15) is 0 Å². The van der Waals surface area contributed by atoms with Crippen LogP contribution in [0.25, 0.3) is 0 Å². The van der Waals surface area contributed by atoms with Crippen LogP contribution in [0.2, 0.25) is 0 Å². The molecule has 5 nitrogen and oxygen atoms in total. The van der Waals surface area contributed by atoms with Gasteiger partial charge in [0, 0.05) is 13.1 Å². The van der Waals surface area contributed by atoms with E-state index >= 15 is 0 Å². The second-order valence-electron chi connectivity index (χ2n) is 4.99. The Morgan fingerprint density at radius 2 is 2.16 bits per heavy atom. The standard InChI is InChI=1S/C13H22N4OS/c1-2-14-13-17-16-12(19-13)11(18)15-9-5-8-10-6-3-4-7-10/h10H,2-9H2,1H3,(H,14,17)(H,15,18). The summed E-state index contributed by atoms with van der Waals surface area (Å²) in [5.41, 5.74) is 0. The molecular weight excluding hydrogens is 260 g/mol. The van der Waals surface area contributed by atoms with Crippen molar-refractivity contribution in [2.45, 2.75) is 45.4 Å². The Balaban J connectivity index is 1.65. The summed E-state index contributed by atoms with van der Waals surface area (Å²) in [4.78, 5) is 11.8. The van der Waals surface area contributed by atoms with Crippen LogP contribution in [0.1, 0.15) is 55.3 Å². The van der Waals surface area contributed by atoms with E-state index in [0.717, 1.165) is 25.4 Å². The highest BCUT2D eigenvalue weighted by Crippen LogP contribution is 2.28. The van der Waals surface area contributed by atoms with Crippen LogP contribution in [0.3, 0.4) is 0 Å². The van der Waals surface area contributed by atoms with Crippen molar-refractivity contribution in [3.8, 4) is 0 Å². The molecule has 0 aromatic carbocycles. The molecule has 0 atom stereocenters. The Hall–Kier alpha value is -1.17. The van der Waals surface area contributed by atoms with Gasteiger partial charge in [0.25, 0.3) is 5.91 Å². The molecule has 0 radical (unpaired) electrons. The highest BCUT2D eigenvalue weighted by Gasteiger charge is 2.15. The van der Waals surface area contributed by atoms with Crippen LogP contribution in [-0.4, -0.2) is 29.2 Å².